The summed E-state index contributed by atoms with van der Waals surface area (Å²) in [6.45, 7) is 11.1. The molecule has 0 aliphatic carbocycles. The van der Waals surface area contributed by atoms with E-state index >= 15 is 0 Å². The molecule has 0 saturated heterocycles. The van der Waals surface area contributed by atoms with Crippen molar-refractivity contribution in [1.29, 1.82) is 0 Å². The Hall–Kier alpha value is -0.470. The monoisotopic (exact) mass is 279 g/mol. The third-order valence-corrected chi connectivity index (χ3v) is 4.69. The minimum Gasteiger partial charge on any atom is -0.312 e. The SMILES string of the molecule is CCC(CC)CSc1ccc(CNCC(C)C)cc1. The third-order valence-electron chi connectivity index (χ3n) is 3.45. The van der Waals surface area contributed by atoms with Gasteiger partial charge in [-0.05, 0) is 36.1 Å². The molecular weight excluding hydrogens is 250 g/mol. The molecule has 1 rings (SSSR count). The van der Waals surface area contributed by atoms with Crippen LogP contribution in [-0.4, -0.2) is 12.3 Å². The van der Waals surface area contributed by atoms with E-state index in [1.165, 1.54) is 29.1 Å². The first-order valence-electron chi connectivity index (χ1n) is 7.58. The van der Waals surface area contributed by atoms with Gasteiger partial charge in [0.25, 0.3) is 0 Å². The standard InChI is InChI=1S/C17H29NS/c1-5-15(6-2)13-19-17-9-7-16(8-10-17)12-18-11-14(3)4/h7-10,14-15,18H,5-6,11-13H2,1-4H3. The average Bonchev–Trinajstić information content (AvgIpc) is 2.41. The van der Waals surface area contributed by atoms with Gasteiger partial charge in [0.15, 0.2) is 0 Å². The zero-order chi connectivity index (χ0) is 14.1. The first-order chi connectivity index (χ1) is 9.15. The van der Waals surface area contributed by atoms with Gasteiger partial charge in [0.2, 0.25) is 0 Å². The molecule has 0 aliphatic heterocycles. The van der Waals surface area contributed by atoms with E-state index in [4.69, 9.17) is 0 Å². The van der Waals surface area contributed by atoms with Crippen molar-refractivity contribution in [2.45, 2.75) is 52.0 Å². The topological polar surface area (TPSA) is 12.0 Å². The number of rotatable bonds is 9. The molecule has 1 N–H and O–H groups in total. The Kier molecular flexibility index (Phi) is 8.24. The highest BCUT2D eigenvalue weighted by molar-refractivity contribution is 7.99. The zero-order valence-electron chi connectivity index (χ0n) is 12.9. The van der Waals surface area contributed by atoms with E-state index in [-0.39, 0.29) is 0 Å². The molecule has 2 heteroatoms. The molecule has 0 bridgehead atoms. The second kappa shape index (κ2) is 9.44. The first-order valence-corrected chi connectivity index (χ1v) is 8.56. The lowest BCUT2D eigenvalue weighted by Gasteiger charge is -2.12. The molecule has 19 heavy (non-hydrogen) atoms. The largest absolute Gasteiger partial charge is 0.312 e. The van der Waals surface area contributed by atoms with Gasteiger partial charge >= 0.3 is 0 Å². The van der Waals surface area contributed by atoms with Gasteiger partial charge in [-0.1, -0.05) is 52.7 Å². The molecule has 0 radical (unpaired) electrons. The molecule has 1 nitrogen and oxygen atoms in total. The minimum atomic E-state index is 0.717. The second-order valence-electron chi connectivity index (χ2n) is 5.66. The number of hydrogen-bond donors (Lipinski definition) is 1. The Morgan fingerprint density at radius 2 is 1.68 bits per heavy atom. The summed E-state index contributed by atoms with van der Waals surface area (Å²) in [5.41, 5.74) is 1.38. The van der Waals surface area contributed by atoms with Crippen LogP contribution in [0.15, 0.2) is 29.2 Å². The van der Waals surface area contributed by atoms with E-state index in [0.717, 1.165) is 24.9 Å². The van der Waals surface area contributed by atoms with Crippen molar-refractivity contribution in [2.24, 2.45) is 11.8 Å². The van der Waals surface area contributed by atoms with Gasteiger partial charge in [0.1, 0.15) is 0 Å². The van der Waals surface area contributed by atoms with E-state index in [1.54, 1.807) is 0 Å². The van der Waals surface area contributed by atoms with Crippen molar-refractivity contribution in [3.05, 3.63) is 29.8 Å². The normalized spacial score (nSPS) is 11.5. The molecule has 1 aromatic carbocycles. The van der Waals surface area contributed by atoms with Crippen LogP contribution in [0, 0.1) is 11.8 Å². The third kappa shape index (κ3) is 7.03. The zero-order valence-corrected chi connectivity index (χ0v) is 13.7. The van der Waals surface area contributed by atoms with Crippen molar-refractivity contribution in [2.75, 3.05) is 12.3 Å². The molecule has 0 unspecified atom stereocenters. The maximum Gasteiger partial charge on any atom is 0.0205 e. The average molecular weight is 279 g/mol. The van der Waals surface area contributed by atoms with Crippen molar-refractivity contribution in [3.63, 3.8) is 0 Å². The first kappa shape index (κ1) is 16.6. The summed E-state index contributed by atoms with van der Waals surface area (Å²) < 4.78 is 0. The molecule has 0 atom stereocenters. The van der Waals surface area contributed by atoms with Crippen LogP contribution < -0.4 is 5.32 Å². The summed E-state index contributed by atoms with van der Waals surface area (Å²) in [4.78, 5) is 1.40. The van der Waals surface area contributed by atoms with Crippen LogP contribution in [0.3, 0.4) is 0 Å². The highest BCUT2D eigenvalue weighted by atomic mass is 32.2. The summed E-state index contributed by atoms with van der Waals surface area (Å²) >= 11 is 1.99. The quantitative estimate of drug-likeness (QED) is 0.641. The number of hydrogen-bond acceptors (Lipinski definition) is 2. The van der Waals surface area contributed by atoms with Gasteiger partial charge in [-0.25, -0.2) is 0 Å². The van der Waals surface area contributed by atoms with Crippen molar-refractivity contribution in [3.8, 4) is 0 Å². The van der Waals surface area contributed by atoms with Crippen molar-refractivity contribution in [1.82, 2.24) is 5.32 Å². The Bertz CT molecular complexity index is 328. The number of thioether (sulfide) groups is 1. The fourth-order valence-electron chi connectivity index (χ4n) is 1.95. The number of nitrogens with one attached hydrogen (secondary N) is 1. The van der Waals surface area contributed by atoms with Crippen molar-refractivity contribution >= 4 is 11.8 Å². The molecule has 0 amide bonds. The molecule has 0 saturated carbocycles. The predicted octanol–water partition coefficient (Wildman–Crippen LogP) is 4.96. The summed E-state index contributed by atoms with van der Waals surface area (Å²) in [5.74, 6) is 2.82. The van der Waals surface area contributed by atoms with Gasteiger partial charge in [0, 0.05) is 17.2 Å². The summed E-state index contributed by atoms with van der Waals surface area (Å²) in [6, 6.07) is 9.03. The smallest absolute Gasteiger partial charge is 0.0205 e. The van der Waals surface area contributed by atoms with Crippen LogP contribution in [0.2, 0.25) is 0 Å². The maximum atomic E-state index is 3.48. The fraction of sp³-hybridized carbons (Fsp3) is 0.647. The Labute approximate surface area is 123 Å². The minimum absolute atomic E-state index is 0.717. The van der Waals surface area contributed by atoms with Gasteiger partial charge < -0.3 is 5.32 Å². The summed E-state index contributed by atoms with van der Waals surface area (Å²) in [6.07, 6.45) is 2.58. The second-order valence-corrected chi connectivity index (χ2v) is 6.76. The van der Waals surface area contributed by atoms with Crippen LogP contribution in [0.4, 0.5) is 0 Å². The van der Waals surface area contributed by atoms with E-state index < -0.39 is 0 Å². The van der Waals surface area contributed by atoms with Crippen LogP contribution in [0.1, 0.15) is 46.1 Å². The van der Waals surface area contributed by atoms with Crippen LogP contribution in [-0.2, 0) is 6.54 Å². The molecule has 0 fully saturated rings. The predicted molar refractivity (Wildman–Crippen MR) is 87.8 cm³/mol. The summed E-state index contributed by atoms with van der Waals surface area (Å²) in [5, 5.41) is 3.48. The van der Waals surface area contributed by atoms with Crippen LogP contribution >= 0.6 is 11.8 Å². The van der Waals surface area contributed by atoms with Crippen LogP contribution in [0.25, 0.3) is 0 Å². The van der Waals surface area contributed by atoms with E-state index in [1.807, 2.05) is 11.8 Å². The van der Waals surface area contributed by atoms with E-state index in [2.05, 4.69) is 57.3 Å². The lowest BCUT2D eigenvalue weighted by Crippen LogP contribution is -2.18. The number of benzene rings is 1. The molecule has 0 aliphatic rings. The van der Waals surface area contributed by atoms with Crippen molar-refractivity contribution < 1.29 is 0 Å². The van der Waals surface area contributed by atoms with Crippen LogP contribution in [0.5, 0.6) is 0 Å². The molecule has 0 spiro atoms. The Morgan fingerprint density at radius 3 is 2.21 bits per heavy atom. The molecule has 108 valence electrons. The molecular formula is C17H29NS. The fourth-order valence-corrected chi connectivity index (χ4v) is 3.18. The van der Waals surface area contributed by atoms with Gasteiger partial charge in [0.05, 0.1) is 0 Å². The lowest BCUT2D eigenvalue weighted by molar-refractivity contribution is 0.552. The maximum absolute atomic E-state index is 3.48. The van der Waals surface area contributed by atoms with Gasteiger partial charge in [-0.3, -0.25) is 0 Å². The lowest BCUT2D eigenvalue weighted by atomic mass is 10.1. The van der Waals surface area contributed by atoms with Gasteiger partial charge in [-0.15, -0.1) is 11.8 Å². The van der Waals surface area contributed by atoms with E-state index in [0.29, 0.717) is 0 Å². The Balaban J connectivity index is 2.34. The highest BCUT2D eigenvalue weighted by Crippen LogP contribution is 2.23. The Morgan fingerprint density at radius 1 is 1.05 bits per heavy atom. The van der Waals surface area contributed by atoms with E-state index in [9.17, 15) is 0 Å². The highest BCUT2D eigenvalue weighted by Gasteiger charge is 2.04. The molecule has 0 aromatic heterocycles. The summed E-state index contributed by atoms with van der Waals surface area (Å²) in [7, 11) is 0. The molecule has 1 aromatic rings. The van der Waals surface area contributed by atoms with Gasteiger partial charge in [-0.2, -0.15) is 0 Å². The molecule has 0 heterocycles.